The number of halogens is 2. The maximum atomic E-state index is 10.8. The van der Waals surface area contributed by atoms with Crippen molar-refractivity contribution < 1.29 is 4.79 Å². The summed E-state index contributed by atoms with van der Waals surface area (Å²) in [7, 11) is 0. The summed E-state index contributed by atoms with van der Waals surface area (Å²) in [6, 6.07) is 7.21. The summed E-state index contributed by atoms with van der Waals surface area (Å²) < 4.78 is 0. The molecular weight excluding hydrogens is 207 g/mol. The van der Waals surface area contributed by atoms with Gasteiger partial charge in [0.05, 0.1) is 5.88 Å². The summed E-state index contributed by atoms with van der Waals surface area (Å²) in [4.78, 5) is 10.8. The quantitative estimate of drug-likeness (QED) is 0.559. The minimum absolute atomic E-state index is 0.0179. The Morgan fingerprint density at radius 1 is 1.31 bits per heavy atom. The van der Waals surface area contributed by atoms with Crippen LogP contribution in [0.1, 0.15) is 5.56 Å². The van der Waals surface area contributed by atoms with E-state index >= 15 is 0 Å². The van der Waals surface area contributed by atoms with Crippen LogP contribution in [-0.2, 0) is 4.79 Å². The van der Waals surface area contributed by atoms with Gasteiger partial charge in [-0.2, -0.15) is 0 Å². The summed E-state index contributed by atoms with van der Waals surface area (Å²) in [6.45, 7) is 0. The van der Waals surface area contributed by atoms with E-state index in [-0.39, 0.29) is 11.7 Å². The fourth-order valence-electron chi connectivity index (χ4n) is 0.808. The van der Waals surface area contributed by atoms with Crippen molar-refractivity contribution in [3.8, 4) is 0 Å². The second-order valence-electron chi connectivity index (χ2n) is 2.48. The highest BCUT2D eigenvalue weighted by molar-refractivity contribution is 6.30. The maximum absolute atomic E-state index is 10.8. The van der Waals surface area contributed by atoms with Gasteiger partial charge in [-0.3, -0.25) is 4.79 Å². The monoisotopic (exact) mass is 214 g/mol. The van der Waals surface area contributed by atoms with Gasteiger partial charge in [0.15, 0.2) is 5.78 Å². The lowest BCUT2D eigenvalue weighted by atomic mass is 10.2. The van der Waals surface area contributed by atoms with Crippen LogP contribution in [0.2, 0.25) is 5.02 Å². The molecule has 0 N–H and O–H groups in total. The largest absolute Gasteiger partial charge is 0.294 e. The highest BCUT2D eigenvalue weighted by atomic mass is 35.5. The summed E-state index contributed by atoms with van der Waals surface area (Å²) in [5, 5.41) is 0.681. The van der Waals surface area contributed by atoms with Crippen LogP contribution in [0.15, 0.2) is 30.3 Å². The predicted molar refractivity (Wildman–Crippen MR) is 56.2 cm³/mol. The molecule has 0 amide bonds. The molecule has 0 atom stereocenters. The topological polar surface area (TPSA) is 17.1 Å². The van der Waals surface area contributed by atoms with Crippen LogP contribution in [0.5, 0.6) is 0 Å². The second kappa shape index (κ2) is 5.05. The zero-order valence-corrected chi connectivity index (χ0v) is 8.35. The smallest absolute Gasteiger partial charge is 0.170 e. The first-order valence-electron chi connectivity index (χ1n) is 3.75. The molecule has 1 aromatic carbocycles. The van der Waals surface area contributed by atoms with Crippen molar-refractivity contribution in [3.63, 3.8) is 0 Å². The Morgan fingerprint density at radius 3 is 2.46 bits per heavy atom. The Hall–Kier alpha value is -0.790. The number of carbonyl (C=O) groups is 1. The van der Waals surface area contributed by atoms with E-state index in [1.54, 1.807) is 18.2 Å². The Labute approximate surface area is 87.0 Å². The van der Waals surface area contributed by atoms with E-state index in [1.165, 1.54) is 6.08 Å². The van der Waals surface area contributed by atoms with Crippen molar-refractivity contribution in [3.05, 3.63) is 40.9 Å². The van der Waals surface area contributed by atoms with Crippen LogP contribution in [0.4, 0.5) is 0 Å². The Kier molecular flexibility index (Phi) is 4.00. The highest BCUT2D eigenvalue weighted by Crippen LogP contribution is 2.10. The molecule has 0 aromatic heterocycles. The molecule has 3 heteroatoms. The number of benzene rings is 1. The first kappa shape index (κ1) is 10.3. The molecule has 0 fully saturated rings. The number of rotatable bonds is 3. The molecule has 1 nitrogen and oxygen atoms in total. The van der Waals surface area contributed by atoms with Gasteiger partial charge in [-0.05, 0) is 23.8 Å². The van der Waals surface area contributed by atoms with E-state index in [9.17, 15) is 4.79 Å². The minimum atomic E-state index is -0.100. The molecule has 1 rings (SSSR count). The average molecular weight is 215 g/mol. The first-order valence-corrected chi connectivity index (χ1v) is 4.66. The van der Waals surface area contributed by atoms with Crippen LogP contribution in [0.3, 0.4) is 0 Å². The molecule has 0 saturated carbocycles. The summed E-state index contributed by atoms with van der Waals surface area (Å²) in [6.07, 6.45) is 3.16. The molecule has 0 aliphatic heterocycles. The van der Waals surface area contributed by atoms with Crippen molar-refractivity contribution in [1.82, 2.24) is 0 Å². The molecule has 13 heavy (non-hydrogen) atoms. The molecule has 1 aromatic rings. The van der Waals surface area contributed by atoms with Gasteiger partial charge in [0.1, 0.15) is 0 Å². The lowest BCUT2D eigenvalue weighted by Gasteiger charge is -1.92. The van der Waals surface area contributed by atoms with Crippen molar-refractivity contribution >= 4 is 35.1 Å². The zero-order valence-electron chi connectivity index (χ0n) is 6.84. The van der Waals surface area contributed by atoms with E-state index in [4.69, 9.17) is 23.2 Å². The lowest BCUT2D eigenvalue weighted by Crippen LogP contribution is -1.91. The van der Waals surface area contributed by atoms with E-state index in [1.807, 2.05) is 12.1 Å². The normalized spacial score (nSPS) is 10.6. The van der Waals surface area contributed by atoms with Crippen LogP contribution >= 0.6 is 23.2 Å². The first-order chi connectivity index (χ1) is 6.22. The highest BCUT2D eigenvalue weighted by Gasteiger charge is 1.92. The fraction of sp³-hybridized carbons (Fsp3) is 0.100. The third kappa shape index (κ3) is 3.62. The summed E-state index contributed by atoms with van der Waals surface area (Å²) >= 11 is 11.0. The number of alkyl halides is 1. The molecule has 0 spiro atoms. The van der Waals surface area contributed by atoms with Crippen molar-refractivity contribution in [2.24, 2.45) is 0 Å². The number of hydrogen-bond donors (Lipinski definition) is 0. The molecule has 0 radical (unpaired) electrons. The van der Waals surface area contributed by atoms with Crippen LogP contribution in [0.25, 0.3) is 6.08 Å². The summed E-state index contributed by atoms with van der Waals surface area (Å²) in [5.41, 5.74) is 0.933. The van der Waals surface area contributed by atoms with Crippen molar-refractivity contribution in [2.75, 3.05) is 5.88 Å². The van der Waals surface area contributed by atoms with Gasteiger partial charge in [-0.15, -0.1) is 11.6 Å². The van der Waals surface area contributed by atoms with Gasteiger partial charge in [0.2, 0.25) is 0 Å². The van der Waals surface area contributed by atoms with Gasteiger partial charge in [0.25, 0.3) is 0 Å². The molecule has 0 saturated heterocycles. The van der Waals surface area contributed by atoms with Gasteiger partial charge in [-0.25, -0.2) is 0 Å². The molecule has 0 bridgehead atoms. The zero-order chi connectivity index (χ0) is 9.68. The van der Waals surface area contributed by atoms with Gasteiger partial charge >= 0.3 is 0 Å². The molecule has 0 aliphatic carbocycles. The molecular formula is C10H8Cl2O. The van der Waals surface area contributed by atoms with Crippen LogP contribution in [0, 0.1) is 0 Å². The third-order valence-electron chi connectivity index (χ3n) is 1.46. The predicted octanol–water partition coefficient (Wildman–Crippen LogP) is 3.16. The van der Waals surface area contributed by atoms with E-state index in [0.717, 1.165) is 5.56 Å². The molecule has 0 unspecified atom stereocenters. The number of carbonyl (C=O) groups excluding carboxylic acids is 1. The third-order valence-corrected chi connectivity index (χ3v) is 1.98. The second-order valence-corrected chi connectivity index (χ2v) is 3.19. The van der Waals surface area contributed by atoms with Crippen molar-refractivity contribution in [1.29, 1.82) is 0 Å². The van der Waals surface area contributed by atoms with E-state index < -0.39 is 0 Å². The SMILES string of the molecule is O=C(/C=C/c1ccc(Cl)cc1)CCl. The fourth-order valence-corrected chi connectivity index (χ4v) is 1.02. The average Bonchev–Trinajstić information content (AvgIpc) is 2.16. The van der Waals surface area contributed by atoms with Crippen LogP contribution in [-0.4, -0.2) is 11.7 Å². The van der Waals surface area contributed by atoms with Crippen LogP contribution < -0.4 is 0 Å². The molecule has 68 valence electrons. The number of hydrogen-bond acceptors (Lipinski definition) is 1. The standard InChI is InChI=1S/C10H8Cl2O/c11-7-10(13)6-3-8-1-4-9(12)5-2-8/h1-6H,7H2/b6-3+. The van der Waals surface area contributed by atoms with E-state index in [0.29, 0.717) is 5.02 Å². The Bertz CT molecular complexity index is 314. The lowest BCUT2D eigenvalue weighted by molar-refractivity contribution is -0.112. The maximum Gasteiger partial charge on any atom is 0.170 e. The molecule has 0 heterocycles. The van der Waals surface area contributed by atoms with Crippen molar-refractivity contribution in [2.45, 2.75) is 0 Å². The Morgan fingerprint density at radius 2 is 1.92 bits per heavy atom. The Balaban J connectivity index is 2.69. The minimum Gasteiger partial charge on any atom is -0.294 e. The summed E-state index contributed by atoms with van der Waals surface area (Å²) in [5.74, 6) is -0.0824. The van der Waals surface area contributed by atoms with Gasteiger partial charge in [0, 0.05) is 5.02 Å². The number of ketones is 1. The number of allylic oxidation sites excluding steroid dienone is 1. The van der Waals surface area contributed by atoms with Gasteiger partial charge in [-0.1, -0.05) is 29.8 Å². The van der Waals surface area contributed by atoms with Gasteiger partial charge < -0.3 is 0 Å². The molecule has 0 aliphatic rings. The van der Waals surface area contributed by atoms with E-state index in [2.05, 4.69) is 0 Å².